The molecule has 6 nitrogen and oxygen atoms in total. The van der Waals surface area contributed by atoms with Gasteiger partial charge in [0, 0.05) is 28.6 Å². The molecular weight excluding hydrogens is 410 g/mol. The van der Waals surface area contributed by atoms with Crippen molar-refractivity contribution in [2.45, 2.75) is 19.1 Å². The molecule has 0 saturated carbocycles. The van der Waals surface area contributed by atoms with Gasteiger partial charge in [0.25, 0.3) is 0 Å². The fraction of sp³-hybridized carbons (Fsp3) is 0.125. The first-order chi connectivity index (χ1) is 15.2. The summed E-state index contributed by atoms with van der Waals surface area (Å²) >= 11 is 6.17. The summed E-state index contributed by atoms with van der Waals surface area (Å²) in [6, 6.07) is 17.8. The van der Waals surface area contributed by atoms with Crippen LogP contribution in [0.25, 0.3) is 5.70 Å². The molecule has 31 heavy (non-hydrogen) atoms. The molecule has 0 aliphatic carbocycles. The molecule has 2 aliphatic rings. The standard InChI is InChI=1S/C24H18ClN5O/c1-14-4-9-19-18(11-14)21-20(23(31-19)15-5-7-17(25)8-6-15)22(16-3-2-10-26-12-16)30-24(29-21)27-13-28-30/h2-13,22-23H,1H3,(H,27,28,29)/t22-,23-/m0/s1. The summed E-state index contributed by atoms with van der Waals surface area (Å²) in [6.45, 7) is 2.08. The Morgan fingerprint density at radius 1 is 1.06 bits per heavy atom. The number of aryl methyl sites for hydroxylation is 1. The molecule has 0 amide bonds. The van der Waals surface area contributed by atoms with E-state index in [-0.39, 0.29) is 12.1 Å². The fourth-order valence-corrected chi connectivity index (χ4v) is 4.48. The molecule has 0 spiro atoms. The Morgan fingerprint density at radius 2 is 1.94 bits per heavy atom. The van der Waals surface area contributed by atoms with E-state index in [4.69, 9.17) is 16.3 Å². The molecular formula is C24H18ClN5O. The van der Waals surface area contributed by atoms with Crippen molar-refractivity contribution in [3.63, 3.8) is 0 Å². The molecule has 4 heterocycles. The van der Waals surface area contributed by atoms with Gasteiger partial charge in [0.2, 0.25) is 5.95 Å². The fourth-order valence-electron chi connectivity index (χ4n) is 4.35. The summed E-state index contributed by atoms with van der Waals surface area (Å²) in [5.41, 5.74) is 6.27. The zero-order chi connectivity index (χ0) is 20.9. The Bertz CT molecular complexity index is 1310. The predicted molar refractivity (Wildman–Crippen MR) is 119 cm³/mol. The maximum Gasteiger partial charge on any atom is 0.226 e. The largest absolute Gasteiger partial charge is 0.480 e. The van der Waals surface area contributed by atoms with Gasteiger partial charge in [-0.3, -0.25) is 4.98 Å². The van der Waals surface area contributed by atoms with Crippen molar-refractivity contribution in [3.05, 3.63) is 106 Å². The summed E-state index contributed by atoms with van der Waals surface area (Å²) in [4.78, 5) is 8.82. The molecule has 0 unspecified atom stereocenters. The SMILES string of the molecule is Cc1ccc2c(c1)C1=C([C@H](c3ccc(Cl)cc3)O2)[C@H](c2cccnc2)n2ncnc2N1. The van der Waals surface area contributed by atoms with Crippen molar-refractivity contribution >= 4 is 23.2 Å². The predicted octanol–water partition coefficient (Wildman–Crippen LogP) is 5.19. The van der Waals surface area contributed by atoms with Gasteiger partial charge in [-0.1, -0.05) is 41.4 Å². The lowest BCUT2D eigenvalue weighted by atomic mass is 9.85. The highest BCUT2D eigenvalue weighted by Gasteiger charge is 2.41. The maximum absolute atomic E-state index is 6.60. The second-order valence-corrected chi connectivity index (χ2v) is 8.16. The van der Waals surface area contributed by atoms with Crippen LogP contribution in [0.15, 0.2) is 78.9 Å². The molecule has 0 fully saturated rings. The molecule has 1 N–H and O–H groups in total. The number of benzene rings is 2. The van der Waals surface area contributed by atoms with Gasteiger partial charge >= 0.3 is 0 Å². The Morgan fingerprint density at radius 3 is 2.74 bits per heavy atom. The van der Waals surface area contributed by atoms with Crippen molar-refractivity contribution < 1.29 is 4.74 Å². The number of anilines is 1. The average molecular weight is 428 g/mol. The molecule has 2 atom stereocenters. The number of nitrogens with zero attached hydrogens (tertiary/aromatic N) is 4. The van der Waals surface area contributed by atoms with Crippen molar-refractivity contribution in [2.24, 2.45) is 0 Å². The Kier molecular flexibility index (Phi) is 4.07. The number of halogens is 1. The number of pyridine rings is 1. The molecule has 0 radical (unpaired) electrons. The van der Waals surface area contributed by atoms with Gasteiger partial charge in [0.15, 0.2) is 0 Å². The van der Waals surface area contributed by atoms with E-state index < -0.39 is 0 Å². The minimum Gasteiger partial charge on any atom is -0.480 e. The van der Waals surface area contributed by atoms with Crippen LogP contribution in [0.3, 0.4) is 0 Å². The number of nitrogens with one attached hydrogen (secondary N) is 1. The van der Waals surface area contributed by atoms with E-state index in [1.807, 2.05) is 47.3 Å². The molecule has 2 aromatic carbocycles. The molecule has 7 heteroatoms. The van der Waals surface area contributed by atoms with Gasteiger partial charge in [-0.25, -0.2) is 4.68 Å². The highest BCUT2D eigenvalue weighted by atomic mass is 35.5. The number of hydrogen-bond acceptors (Lipinski definition) is 5. The number of ether oxygens (including phenoxy) is 1. The number of rotatable bonds is 2. The second kappa shape index (κ2) is 6.96. The molecule has 0 saturated heterocycles. The number of hydrogen-bond donors (Lipinski definition) is 1. The summed E-state index contributed by atoms with van der Waals surface area (Å²) in [5, 5.41) is 8.73. The monoisotopic (exact) mass is 427 g/mol. The lowest BCUT2D eigenvalue weighted by Gasteiger charge is -2.39. The van der Waals surface area contributed by atoms with Crippen LogP contribution in [-0.2, 0) is 0 Å². The lowest BCUT2D eigenvalue weighted by Crippen LogP contribution is -2.32. The zero-order valence-electron chi connectivity index (χ0n) is 16.7. The van der Waals surface area contributed by atoms with E-state index in [0.717, 1.165) is 39.3 Å². The van der Waals surface area contributed by atoms with Crippen LogP contribution in [-0.4, -0.2) is 19.7 Å². The second-order valence-electron chi connectivity index (χ2n) is 7.72. The quantitative estimate of drug-likeness (QED) is 0.476. The molecule has 152 valence electrons. The van der Waals surface area contributed by atoms with Crippen LogP contribution >= 0.6 is 11.6 Å². The van der Waals surface area contributed by atoms with Gasteiger partial charge in [0.05, 0.1) is 5.70 Å². The Hall–Kier alpha value is -3.64. The molecule has 4 aromatic rings. The number of fused-ring (bicyclic) bond motifs is 3. The Labute approximate surface area is 184 Å². The topological polar surface area (TPSA) is 64.9 Å². The lowest BCUT2D eigenvalue weighted by molar-refractivity contribution is 0.223. The summed E-state index contributed by atoms with van der Waals surface area (Å²) < 4.78 is 8.49. The van der Waals surface area contributed by atoms with E-state index in [9.17, 15) is 0 Å². The van der Waals surface area contributed by atoms with E-state index in [1.54, 1.807) is 12.5 Å². The van der Waals surface area contributed by atoms with E-state index in [1.165, 1.54) is 0 Å². The van der Waals surface area contributed by atoms with Gasteiger partial charge < -0.3 is 10.1 Å². The van der Waals surface area contributed by atoms with E-state index in [2.05, 4.69) is 45.5 Å². The molecule has 0 bridgehead atoms. The van der Waals surface area contributed by atoms with E-state index in [0.29, 0.717) is 11.0 Å². The highest BCUT2D eigenvalue weighted by molar-refractivity contribution is 6.30. The summed E-state index contributed by atoms with van der Waals surface area (Å²) in [7, 11) is 0. The Balaban J connectivity index is 1.64. The average Bonchev–Trinajstić information content (AvgIpc) is 3.27. The summed E-state index contributed by atoms with van der Waals surface area (Å²) in [6.07, 6.45) is 4.89. The van der Waals surface area contributed by atoms with Crippen LogP contribution in [0.1, 0.15) is 34.4 Å². The normalized spacial score (nSPS) is 19.0. The van der Waals surface area contributed by atoms with Crippen molar-refractivity contribution in [1.29, 1.82) is 0 Å². The van der Waals surface area contributed by atoms with Crippen LogP contribution in [0, 0.1) is 6.92 Å². The highest BCUT2D eigenvalue weighted by Crippen LogP contribution is 2.50. The maximum atomic E-state index is 6.60. The van der Waals surface area contributed by atoms with Crippen molar-refractivity contribution in [1.82, 2.24) is 19.7 Å². The first-order valence-electron chi connectivity index (χ1n) is 10.0. The van der Waals surface area contributed by atoms with Crippen LogP contribution < -0.4 is 10.1 Å². The van der Waals surface area contributed by atoms with Gasteiger partial charge in [-0.15, -0.1) is 0 Å². The first-order valence-corrected chi connectivity index (χ1v) is 10.4. The van der Waals surface area contributed by atoms with Gasteiger partial charge in [-0.2, -0.15) is 10.1 Å². The van der Waals surface area contributed by atoms with Crippen molar-refractivity contribution in [2.75, 3.05) is 5.32 Å². The molecule has 2 aromatic heterocycles. The van der Waals surface area contributed by atoms with Crippen molar-refractivity contribution in [3.8, 4) is 5.75 Å². The minimum atomic E-state index is -0.322. The third-order valence-electron chi connectivity index (χ3n) is 5.74. The third kappa shape index (κ3) is 2.91. The molecule has 6 rings (SSSR count). The summed E-state index contributed by atoms with van der Waals surface area (Å²) in [5.74, 6) is 1.52. The van der Waals surface area contributed by atoms with Crippen LogP contribution in [0.5, 0.6) is 5.75 Å². The van der Waals surface area contributed by atoms with Gasteiger partial charge in [0.1, 0.15) is 24.2 Å². The van der Waals surface area contributed by atoms with Crippen LogP contribution in [0.4, 0.5) is 5.95 Å². The zero-order valence-corrected chi connectivity index (χ0v) is 17.4. The van der Waals surface area contributed by atoms with Crippen LogP contribution in [0.2, 0.25) is 5.02 Å². The van der Waals surface area contributed by atoms with E-state index >= 15 is 0 Å². The first kappa shape index (κ1) is 18.2. The number of aromatic nitrogens is 4. The smallest absolute Gasteiger partial charge is 0.226 e. The molecule has 2 aliphatic heterocycles. The van der Waals surface area contributed by atoms with Gasteiger partial charge in [-0.05, 0) is 48.4 Å². The minimum absolute atomic E-state index is 0.211. The third-order valence-corrected chi connectivity index (χ3v) is 5.99.